The second-order valence-corrected chi connectivity index (χ2v) is 8.09. The molecule has 1 fully saturated rings. The number of amides is 1. The quantitative estimate of drug-likeness (QED) is 0.710. The summed E-state index contributed by atoms with van der Waals surface area (Å²) >= 11 is 0. The number of hydrogen-bond donors (Lipinski definition) is 2. The largest absolute Gasteiger partial charge is 0.506 e. The molecule has 1 aromatic heterocycles. The number of nitrogens with one attached hydrogen (secondary N) is 1. The van der Waals surface area contributed by atoms with Gasteiger partial charge in [-0.25, -0.2) is 9.03 Å². The molecule has 2 N–H and O–H groups in total. The SMILES string of the molecule is Cc1cc(-c2ccnc(-c3ccccc3)c2)cc(O)c1N1CC(=O)NS1(=O)=O. The van der Waals surface area contributed by atoms with E-state index in [9.17, 15) is 18.3 Å². The Labute approximate surface area is 162 Å². The zero-order chi connectivity index (χ0) is 19.9. The maximum absolute atomic E-state index is 12.1. The lowest BCUT2D eigenvalue weighted by atomic mass is 10.0. The maximum Gasteiger partial charge on any atom is 0.326 e. The van der Waals surface area contributed by atoms with Gasteiger partial charge in [-0.1, -0.05) is 30.3 Å². The van der Waals surface area contributed by atoms with Crippen molar-refractivity contribution in [2.24, 2.45) is 0 Å². The normalized spacial score (nSPS) is 15.5. The van der Waals surface area contributed by atoms with Gasteiger partial charge < -0.3 is 5.11 Å². The molecule has 2 aromatic carbocycles. The van der Waals surface area contributed by atoms with Crippen LogP contribution in [0.3, 0.4) is 0 Å². The van der Waals surface area contributed by atoms with Crippen molar-refractivity contribution in [3.8, 4) is 28.1 Å². The van der Waals surface area contributed by atoms with E-state index in [1.54, 1.807) is 19.2 Å². The summed E-state index contributed by atoms with van der Waals surface area (Å²) in [6.07, 6.45) is 1.69. The molecule has 0 bridgehead atoms. The summed E-state index contributed by atoms with van der Waals surface area (Å²) in [6.45, 7) is 1.33. The third kappa shape index (κ3) is 3.18. The summed E-state index contributed by atoms with van der Waals surface area (Å²) in [4.78, 5) is 15.9. The van der Waals surface area contributed by atoms with Gasteiger partial charge in [0.05, 0.1) is 11.4 Å². The van der Waals surface area contributed by atoms with E-state index in [-0.39, 0.29) is 18.0 Å². The molecule has 0 spiro atoms. The van der Waals surface area contributed by atoms with Crippen molar-refractivity contribution in [2.75, 3.05) is 10.8 Å². The molecule has 1 aliphatic rings. The molecule has 0 atom stereocenters. The summed E-state index contributed by atoms with van der Waals surface area (Å²) in [7, 11) is -3.99. The van der Waals surface area contributed by atoms with Crippen molar-refractivity contribution in [2.45, 2.75) is 6.92 Å². The van der Waals surface area contributed by atoms with Crippen LogP contribution in [-0.2, 0) is 15.0 Å². The third-order valence-corrected chi connectivity index (χ3v) is 5.89. The first-order valence-electron chi connectivity index (χ1n) is 8.54. The molecule has 1 aliphatic heterocycles. The number of carbonyl (C=O) groups excluding carboxylic acids is 1. The molecule has 8 heteroatoms. The van der Waals surface area contributed by atoms with Crippen LogP contribution in [0.5, 0.6) is 5.75 Å². The van der Waals surface area contributed by atoms with Crippen LogP contribution in [-0.4, -0.2) is 31.0 Å². The first kappa shape index (κ1) is 18.0. The van der Waals surface area contributed by atoms with Gasteiger partial charge in [-0.3, -0.25) is 9.78 Å². The number of aromatic nitrogens is 1. The molecule has 2 heterocycles. The Kier molecular flexibility index (Phi) is 4.27. The number of rotatable bonds is 3. The van der Waals surface area contributed by atoms with Gasteiger partial charge in [0.25, 0.3) is 5.91 Å². The van der Waals surface area contributed by atoms with E-state index in [0.717, 1.165) is 21.1 Å². The Morgan fingerprint density at radius 1 is 1.04 bits per heavy atom. The second kappa shape index (κ2) is 6.65. The molecule has 3 aromatic rings. The van der Waals surface area contributed by atoms with Crippen molar-refractivity contribution < 1.29 is 18.3 Å². The van der Waals surface area contributed by atoms with Crippen LogP contribution in [0.25, 0.3) is 22.4 Å². The molecule has 4 rings (SSSR count). The Bertz CT molecular complexity index is 1150. The van der Waals surface area contributed by atoms with Crippen LogP contribution >= 0.6 is 0 Å². The number of carbonyl (C=O) groups is 1. The first-order chi connectivity index (χ1) is 13.3. The highest BCUT2D eigenvalue weighted by atomic mass is 32.2. The first-order valence-corrected chi connectivity index (χ1v) is 9.98. The highest BCUT2D eigenvalue weighted by Gasteiger charge is 2.36. The molecule has 7 nitrogen and oxygen atoms in total. The van der Waals surface area contributed by atoms with Gasteiger partial charge in [-0.15, -0.1) is 0 Å². The number of pyridine rings is 1. The standard InChI is InChI=1S/C20H17N3O4S/c1-13-9-16(11-18(24)20(13)23-12-19(25)22-28(23,26)27)15-7-8-21-17(10-15)14-5-3-2-4-6-14/h2-11,24H,12H2,1H3,(H,22,25). The van der Waals surface area contributed by atoms with Crippen molar-refractivity contribution >= 4 is 21.8 Å². The predicted molar refractivity (Wildman–Crippen MR) is 106 cm³/mol. The van der Waals surface area contributed by atoms with Crippen LogP contribution in [0.2, 0.25) is 0 Å². The molecule has 0 radical (unpaired) electrons. The molecule has 1 amide bonds. The minimum absolute atomic E-state index is 0.0967. The number of anilines is 1. The van der Waals surface area contributed by atoms with Gasteiger partial charge >= 0.3 is 10.2 Å². The van der Waals surface area contributed by atoms with E-state index in [2.05, 4.69) is 4.98 Å². The molecule has 0 unspecified atom stereocenters. The van der Waals surface area contributed by atoms with E-state index in [4.69, 9.17) is 0 Å². The zero-order valence-electron chi connectivity index (χ0n) is 15.0. The Hall–Kier alpha value is -3.39. The number of aromatic hydroxyl groups is 1. The summed E-state index contributed by atoms with van der Waals surface area (Å²) < 4.78 is 27.0. The number of benzene rings is 2. The van der Waals surface area contributed by atoms with E-state index >= 15 is 0 Å². The fraction of sp³-hybridized carbons (Fsp3) is 0.100. The molecular weight excluding hydrogens is 378 g/mol. The highest BCUT2D eigenvalue weighted by molar-refractivity contribution is 7.92. The van der Waals surface area contributed by atoms with Crippen molar-refractivity contribution in [1.29, 1.82) is 0 Å². The molecule has 142 valence electrons. The van der Waals surface area contributed by atoms with Gasteiger partial charge in [0.2, 0.25) is 0 Å². The lowest BCUT2D eigenvalue weighted by Gasteiger charge is -2.19. The van der Waals surface area contributed by atoms with Gasteiger partial charge in [-0.2, -0.15) is 8.42 Å². The van der Waals surface area contributed by atoms with Crippen LogP contribution in [0, 0.1) is 6.92 Å². The average molecular weight is 395 g/mol. The van der Waals surface area contributed by atoms with Crippen LogP contribution in [0.15, 0.2) is 60.8 Å². The lowest BCUT2D eigenvalue weighted by molar-refractivity contribution is -0.117. The molecule has 0 aliphatic carbocycles. The topological polar surface area (TPSA) is 99.6 Å². The number of nitrogens with zero attached hydrogens (tertiary/aromatic N) is 2. The maximum atomic E-state index is 12.1. The highest BCUT2D eigenvalue weighted by Crippen LogP contribution is 2.38. The van der Waals surface area contributed by atoms with Crippen molar-refractivity contribution in [1.82, 2.24) is 9.71 Å². The Morgan fingerprint density at radius 2 is 1.79 bits per heavy atom. The van der Waals surface area contributed by atoms with Crippen LogP contribution < -0.4 is 9.03 Å². The summed E-state index contributed by atoms with van der Waals surface area (Å²) in [6, 6.07) is 16.7. The van der Waals surface area contributed by atoms with E-state index in [0.29, 0.717) is 11.1 Å². The number of phenolic OH excluding ortho intramolecular Hbond substituents is 1. The van der Waals surface area contributed by atoms with Gasteiger partial charge in [-0.05, 0) is 47.9 Å². The number of aryl methyl sites for hydroxylation is 1. The summed E-state index contributed by atoms with van der Waals surface area (Å²) in [5, 5.41) is 10.5. The number of phenols is 1. The number of hydrogen-bond acceptors (Lipinski definition) is 5. The van der Waals surface area contributed by atoms with Crippen LogP contribution in [0.4, 0.5) is 5.69 Å². The Morgan fingerprint density at radius 3 is 2.43 bits per heavy atom. The molecular formula is C20H17N3O4S. The predicted octanol–water partition coefficient (Wildman–Crippen LogP) is 2.61. The monoisotopic (exact) mass is 395 g/mol. The summed E-state index contributed by atoms with van der Waals surface area (Å²) in [5.41, 5.74) is 3.94. The minimum atomic E-state index is -3.99. The van der Waals surface area contributed by atoms with E-state index in [1.165, 1.54) is 6.07 Å². The van der Waals surface area contributed by atoms with Gasteiger partial charge in [0, 0.05) is 11.8 Å². The molecule has 1 saturated heterocycles. The smallest absolute Gasteiger partial charge is 0.326 e. The Balaban J connectivity index is 1.76. The van der Waals surface area contributed by atoms with Gasteiger partial charge in [0.15, 0.2) is 0 Å². The lowest BCUT2D eigenvalue weighted by Crippen LogP contribution is -2.30. The van der Waals surface area contributed by atoms with Crippen LogP contribution in [0.1, 0.15) is 5.56 Å². The molecule has 28 heavy (non-hydrogen) atoms. The van der Waals surface area contributed by atoms with Gasteiger partial charge in [0.1, 0.15) is 12.3 Å². The average Bonchev–Trinajstić information content (AvgIpc) is 2.94. The minimum Gasteiger partial charge on any atom is -0.506 e. The zero-order valence-corrected chi connectivity index (χ0v) is 15.8. The molecule has 0 saturated carbocycles. The van der Waals surface area contributed by atoms with E-state index < -0.39 is 16.1 Å². The van der Waals surface area contributed by atoms with E-state index in [1.807, 2.05) is 47.2 Å². The summed E-state index contributed by atoms with van der Waals surface area (Å²) in [5.74, 6) is -0.849. The third-order valence-electron chi connectivity index (χ3n) is 4.51. The van der Waals surface area contributed by atoms with Crippen molar-refractivity contribution in [3.63, 3.8) is 0 Å². The fourth-order valence-electron chi connectivity index (χ4n) is 3.27. The van der Waals surface area contributed by atoms with Crippen molar-refractivity contribution in [3.05, 3.63) is 66.4 Å². The fourth-order valence-corrected chi connectivity index (χ4v) is 4.50. The second-order valence-electron chi connectivity index (χ2n) is 6.49.